The Labute approximate surface area is 185 Å². The van der Waals surface area contributed by atoms with Crippen LogP contribution in [0.3, 0.4) is 0 Å². The zero-order chi connectivity index (χ0) is 22.7. The highest BCUT2D eigenvalue weighted by Crippen LogP contribution is 2.24. The van der Waals surface area contributed by atoms with Crippen LogP contribution in [0, 0.1) is 0 Å². The van der Waals surface area contributed by atoms with E-state index in [1.807, 2.05) is 0 Å². The molecular formula is C23H21N3O5S. The van der Waals surface area contributed by atoms with Gasteiger partial charge < -0.3 is 10.0 Å². The average Bonchev–Trinajstić information content (AvgIpc) is 3.30. The maximum atomic E-state index is 12.6. The van der Waals surface area contributed by atoms with Gasteiger partial charge in [-0.05, 0) is 48.7 Å². The number of pyridine rings is 1. The van der Waals surface area contributed by atoms with Crippen molar-refractivity contribution in [1.82, 2.24) is 9.88 Å². The summed E-state index contributed by atoms with van der Waals surface area (Å²) in [6.45, 7) is 0.402. The number of amides is 1. The molecule has 9 heteroatoms. The van der Waals surface area contributed by atoms with Gasteiger partial charge in [0.15, 0.2) is 0 Å². The van der Waals surface area contributed by atoms with Crippen LogP contribution in [0.5, 0.6) is 0 Å². The number of aliphatic carboxylic acids is 1. The summed E-state index contributed by atoms with van der Waals surface area (Å²) in [4.78, 5) is 29.7. The van der Waals surface area contributed by atoms with Crippen LogP contribution in [0.2, 0.25) is 0 Å². The van der Waals surface area contributed by atoms with Crippen molar-refractivity contribution in [2.75, 3.05) is 11.3 Å². The van der Waals surface area contributed by atoms with Gasteiger partial charge in [0.25, 0.3) is 15.9 Å². The highest BCUT2D eigenvalue weighted by atomic mass is 32.2. The molecule has 2 heterocycles. The molecule has 1 atom stereocenters. The summed E-state index contributed by atoms with van der Waals surface area (Å²) in [6, 6.07) is 17.4. The molecule has 0 spiro atoms. The van der Waals surface area contributed by atoms with Gasteiger partial charge in [-0.2, -0.15) is 0 Å². The lowest BCUT2D eigenvalue weighted by Crippen LogP contribution is -2.40. The Bertz CT molecular complexity index is 1230. The zero-order valence-electron chi connectivity index (χ0n) is 17.0. The molecule has 2 aromatic carbocycles. The van der Waals surface area contributed by atoms with Crippen LogP contribution in [0.1, 0.15) is 23.3 Å². The summed E-state index contributed by atoms with van der Waals surface area (Å²) in [5, 5.41) is 9.27. The lowest BCUT2D eigenvalue weighted by molar-refractivity contribution is -0.141. The molecule has 1 fully saturated rings. The Balaban J connectivity index is 1.47. The van der Waals surface area contributed by atoms with Crippen LogP contribution < -0.4 is 4.72 Å². The summed E-state index contributed by atoms with van der Waals surface area (Å²) < 4.78 is 27.4. The van der Waals surface area contributed by atoms with Crippen LogP contribution in [0.25, 0.3) is 11.1 Å². The molecule has 32 heavy (non-hydrogen) atoms. The van der Waals surface area contributed by atoms with Gasteiger partial charge in [-0.25, -0.2) is 13.2 Å². The van der Waals surface area contributed by atoms with Crippen LogP contribution in [0.15, 0.2) is 77.8 Å². The van der Waals surface area contributed by atoms with Gasteiger partial charge in [0.1, 0.15) is 11.7 Å². The third-order valence-electron chi connectivity index (χ3n) is 5.31. The molecule has 4 rings (SSSR count). The van der Waals surface area contributed by atoms with Gasteiger partial charge in [-0.3, -0.25) is 14.5 Å². The first kappa shape index (κ1) is 21.5. The van der Waals surface area contributed by atoms with E-state index in [2.05, 4.69) is 9.71 Å². The van der Waals surface area contributed by atoms with Crippen molar-refractivity contribution in [2.24, 2.45) is 0 Å². The number of hydrogen-bond acceptors (Lipinski definition) is 5. The molecule has 0 aliphatic carbocycles. The predicted molar refractivity (Wildman–Crippen MR) is 119 cm³/mol. The molecule has 1 aliphatic rings. The highest BCUT2D eigenvalue weighted by molar-refractivity contribution is 7.92. The fourth-order valence-corrected chi connectivity index (χ4v) is 4.73. The van der Waals surface area contributed by atoms with E-state index in [4.69, 9.17) is 0 Å². The van der Waals surface area contributed by atoms with Crippen LogP contribution in [-0.2, 0) is 14.8 Å². The average molecular weight is 452 g/mol. The number of benzene rings is 2. The van der Waals surface area contributed by atoms with Crippen molar-refractivity contribution in [3.63, 3.8) is 0 Å². The van der Waals surface area contributed by atoms with E-state index in [9.17, 15) is 23.1 Å². The molecule has 2 N–H and O–H groups in total. The molecule has 1 saturated heterocycles. The van der Waals surface area contributed by atoms with Gasteiger partial charge in [-0.1, -0.05) is 36.4 Å². The van der Waals surface area contributed by atoms with E-state index >= 15 is 0 Å². The van der Waals surface area contributed by atoms with Crippen molar-refractivity contribution in [1.29, 1.82) is 0 Å². The zero-order valence-corrected chi connectivity index (χ0v) is 17.8. The fourth-order valence-electron chi connectivity index (χ4n) is 3.65. The van der Waals surface area contributed by atoms with Crippen molar-refractivity contribution < 1.29 is 23.1 Å². The summed E-state index contributed by atoms with van der Waals surface area (Å²) in [6.07, 6.45) is 2.64. The van der Waals surface area contributed by atoms with E-state index in [0.717, 1.165) is 11.1 Å². The second kappa shape index (κ2) is 8.80. The molecule has 1 aliphatic heterocycles. The van der Waals surface area contributed by atoms with E-state index in [0.29, 0.717) is 25.1 Å². The highest BCUT2D eigenvalue weighted by Gasteiger charge is 2.34. The molecule has 0 saturated carbocycles. The molecule has 1 aromatic heterocycles. The minimum absolute atomic E-state index is 0.177. The van der Waals surface area contributed by atoms with Crippen LogP contribution >= 0.6 is 0 Å². The second-order valence-electron chi connectivity index (χ2n) is 7.42. The number of carboxylic acid groups (broad SMARTS) is 1. The topological polar surface area (TPSA) is 117 Å². The normalized spacial score (nSPS) is 16.0. The molecule has 1 amide bonds. The number of carbonyl (C=O) groups excluding carboxylic acids is 1. The monoisotopic (exact) mass is 451 g/mol. The van der Waals surface area contributed by atoms with Gasteiger partial charge in [0.2, 0.25) is 0 Å². The third kappa shape index (κ3) is 4.47. The summed E-state index contributed by atoms with van der Waals surface area (Å²) >= 11 is 0. The molecular weight excluding hydrogens is 430 g/mol. The Kier molecular flexibility index (Phi) is 5.91. The fraction of sp³-hybridized carbons (Fsp3) is 0.174. The maximum absolute atomic E-state index is 12.6. The molecule has 164 valence electrons. The summed E-state index contributed by atoms with van der Waals surface area (Å²) in [5.74, 6) is -1.40. The minimum Gasteiger partial charge on any atom is -0.480 e. The molecule has 8 nitrogen and oxygen atoms in total. The van der Waals surface area contributed by atoms with Crippen molar-refractivity contribution >= 4 is 27.6 Å². The van der Waals surface area contributed by atoms with Gasteiger partial charge in [0, 0.05) is 24.0 Å². The molecule has 0 radical (unpaired) electrons. The Hall–Kier alpha value is -3.72. The number of nitrogens with zero attached hydrogens (tertiary/aromatic N) is 2. The van der Waals surface area contributed by atoms with Crippen molar-refractivity contribution in [3.8, 4) is 11.1 Å². The second-order valence-corrected chi connectivity index (χ2v) is 9.11. The third-order valence-corrected chi connectivity index (χ3v) is 6.70. The van der Waals surface area contributed by atoms with Crippen LogP contribution in [-0.4, -0.2) is 47.9 Å². The first-order valence-corrected chi connectivity index (χ1v) is 11.5. The number of carboxylic acids is 1. The van der Waals surface area contributed by atoms with E-state index < -0.39 is 27.9 Å². The van der Waals surface area contributed by atoms with E-state index in [1.165, 1.54) is 17.0 Å². The Morgan fingerprint density at radius 3 is 2.28 bits per heavy atom. The van der Waals surface area contributed by atoms with Crippen LogP contribution in [0.4, 0.5) is 5.69 Å². The van der Waals surface area contributed by atoms with Crippen molar-refractivity contribution in [3.05, 3.63) is 78.6 Å². The predicted octanol–water partition coefficient (Wildman–Crippen LogP) is 3.24. The SMILES string of the molecule is O=C(O)[C@@H]1CCCN1C(=O)c1ccc(-c2ccc(NS(=O)(=O)c3ccccc3)cc2)cn1. The number of aromatic nitrogens is 1. The number of rotatable bonds is 6. The quantitative estimate of drug-likeness (QED) is 0.594. The Morgan fingerprint density at radius 1 is 0.969 bits per heavy atom. The summed E-state index contributed by atoms with van der Waals surface area (Å²) in [5.41, 5.74) is 2.15. The van der Waals surface area contributed by atoms with Gasteiger partial charge in [0.05, 0.1) is 4.90 Å². The maximum Gasteiger partial charge on any atom is 0.326 e. The van der Waals surface area contributed by atoms with Crippen molar-refractivity contribution in [2.45, 2.75) is 23.8 Å². The number of sulfonamides is 1. The lowest BCUT2D eigenvalue weighted by atomic mass is 10.1. The standard InChI is InChI=1S/C23H21N3O5S/c27-22(26-14-4-7-21(26)23(28)29)20-13-10-17(15-24-20)16-8-11-18(12-9-16)25-32(30,31)19-5-2-1-3-6-19/h1-3,5-6,8-13,15,21,25H,4,7,14H2,(H,28,29)/t21-/m0/s1. The van der Waals surface area contributed by atoms with Gasteiger partial charge >= 0.3 is 5.97 Å². The molecule has 0 unspecified atom stereocenters. The number of nitrogens with one attached hydrogen (secondary N) is 1. The number of hydrogen-bond donors (Lipinski definition) is 2. The lowest BCUT2D eigenvalue weighted by Gasteiger charge is -2.20. The first-order valence-electron chi connectivity index (χ1n) is 10.0. The smallest absolute Gasteiger partial charge is 0.326 e. The number of likely N-dealkylation sites (tertiary alicyclic amines) is 1. The Morgan fingerprint density at radius 2 is 1.66 bits per heavy atom. The van der Waals surface area contributed by atoms with E-state index in [1.54, 1.807) is 60.8 Å². The molecule has 3 aromatic rings. The van der Waals surface area contributed by atoms with E-state index in [-0.39, 0.29) is 10.6 Å². The molecule has 0 bridgehead atoms. The summed E-state index contributed by atoms with van der Waals surface area (Å²) in [7, 11) is -3.67. The largest absolute Gasteiger partial charge is 0.480 e. The first-order chi connectivity index (χ1) is 15.3. The number of anilines is 1. The number of carbonyl (C=O) groups is 2. The van der Waals surface area contributed by atoms with Gasteiger partial charge in [-0.15, -0.1) is 0 Å². The minimum atomic E-state index is -3.67.